The van der Waals surface area contributed by atoms with Crippen molar-refractivity contribution in [3.05, 3.63) is 29.8 Å². The third-order valence-corrected chi connectivity index (χ3v) is 5.16. The van der Waals surface area contributed by atoms with E-state index in [1.165, 1.54) is 4.31 Å². The highest BCUT2D eigenvalue weighted by Crippen LogP contribution is 2.24. The quantitative estimate of drug-likeness (QED) is 0.809. The average Bonchev–Trinajstić information content (AvgIpc) is 2.31. The third kappa shape index (κ3) is 3.68. The number of nitrogen functional groups attached to an aromatic ring is 1. The number of nitrogens with two attached hydrogens (primary N) is 1. The first kappa shape index (κ1) is 14.3. The maximum Gasteiger partial charge on any atom is 0.218 e. The van der Waals surface area contributed by atoms with Crippen molar-refractivity contribution in [3.63, 3.8) is 0 Å². The minimum atomic E-state index is -3.39. The van der Waals surface area contributed by atoms with Crippen LogP contribution in [-0.2, 0) is 15.8 Å². The van der Waals surface area contributed by atoms with E-state index in [0.717, 1.165) is 0 Å². The fourth-order valence-corrected chi connectivity index (χ4v) is 4.01. The van der Waals surface area contributed by atoms with Crippen LogP contribution >= 0.6 is 0 Å². The first-order chi connectivity index (χ1) is 8.78. The second kappa shape index (κ2) is 5.11. The molecular formula is C13H20N2O3S. The molecule has 0 amide bonds. The van der Waals surface area contributed by atoms with Crippen molar-refractivity contribution < 1.29 is 13.5 Å². The van der Waals surface area contributed by atoms with Crippen LogP contribution in [0.4, 0.5) is 5.69 Å². The summed E-state index contributed by atoms with van der Waals surface area (Å²) in [6, 6.07) is 6.82. The number of piperidine rings is 1. The van der Waals surface area contributed by atoms with E-state index in [2.05, 4.69) is 0 Å². The molecule has 0 bridgehead atoms. The van der Waals surface area contributed by atoms with Gasteiger partial charge in [-0.3, -0.25) is 0 Å². The van der Waals surface area contributed by atoms with Gasteiger partial charge in [0.05, 0.1) is 11.4 Å². The molecule has 0 radical (unpaired) electrons. The molecule has 1 aliphatic heterocycles. The lowest BCUT2D eigenvalue weighted by atomic mass is 9.97. The summed E-state index contributed by atoms with van der Waals surface area (Å²) in [5.74, 6) is -0.0522. The lowest BCUT2D eigenvalue weighted by Crippen LogP contribution is -2.48. The van der Waals surface area contributed by atoms with E-state index in [1.807, 2.05) is 0 Å². The molecule has 0 aromatic heterocycles. The van der Waals surface area contributed by atoms with Crippen LogP contribution in [0.15, 0.2) is 24.3 Å². The Hall–Kier alpha value is -1.11. The van der Waals surface area contributed by atoms with Crippen LogP contribution in [0.1, 0.15) is 25.3 Å². The molecule has 1 aliphatic rings. The normalized spacial score (nSPS) is 25.4. The lowest BCUT2D eigenvalue weighted by Gasteiger charge is -2.36. The highest BCUT2D eigenvalue weighted by molar-refractivity contribution is 7.88. The van der Waals surface area contributed by atoms with E-state index in [-0.39, 0.29) is 12.3 Å². The van der Waals surface area contributed by atoms with Crippen molar-refractivity contribution in [2.75, 3.05) is 18.8 Å². The predicted molar refractivity (Wildman–Crippen MR) is 74.9 cm³/mol. The smallest absolute Gasteiger partial charge is 0.218 e. The van der Waals surface area contributed by atoms with E-state index in [1.54, 1.807) is 31.2 Å². The van der Waals surface area contributed by atoms with Gasteiger partial charge >= 0.3 is 0 Å². The van der Waals surface area contributed by atoms with Crippen LogP contribution in [0.3, 0.4) is 0 Å². The zero-order chi connectivity index (χ0) is 14.1. The molecular weight excluding hydrogens is 264 g/mol. The minimum absolute atomic E-state index is 0.0522. The van der Waals surface area contributed by atoms with Crippen molar-refractivity contribution in [2.24, 2.45) is 0 Å². The van der Waals surface area contributed by atoms with Gasteiger partial charge < -0.3 is 10.8 Å². The highest BCUT2D eigenvalue weighted by Gasteiger charge is 2.34. The molecule has 5 nitrogen and oxygen atoms in total. The molecule has 0 aliphatic carbocycles. The maximum atomic E-state index is 12.3. The standard InChI is InChI=1S/C13H20N2O3S/c1-13(16)7-2-8-15(10-13)19(17,18)9-11-3-5-12(14)6-4-11/h3-6,16H,2,7-10,14H2,1H3. The van der Waals surface area contributed by atoms with Crippen LogP contribution in [0, 0.1) is 0 Å². The summed E-state index contributed by atoms with van der Waals surface area (Å²) in [7, 11) is -3.39. The van der Waals surface area contributed by atoms with Crippen LogP contribution in [0.5, 0.6) is 0 Å². The number of hydrogen-bond donors (Lipinski definition) is 2. The zero-order valence-corrected chi connectivity index (χ0v) is 11.9. The number of nitrogens with zero attached hydrogens (tertiary/aromatic N) is 1. The summed E-state index contributed by atoms with van der Waals surface area (Å²) in [5, 5.41) is 9.99. The molecule has 106 valence electrons. The van der Waals surface area contributed by atoms with Crippen molar-refractivity contribution in [3.8, 4) is 0 Å². The molecule has 0 saturated carbocycles. The minimum Gasteiger partial charge on any atom is -0.399 e. The Labute approximate surface area is 114 Å². The number of aliphatic hydroxyl groups is 1. The number of rotatable bonds is 3. The second-order valence-electron chi connectivity index (χ2n) is 5.43. The summed E-state index contributed by atoms with van der Waals surface area (Å²) in [5.41, 5.74) is 5.97. The van der Waals surface area contributed by atoms with Gasteiger partial charge in [0.15, 0.2) is 0 Å². The molecule has 1 fully saturated rings. The molecule has 1 saturated heterocycles. The fourth-order valence-electron chi connectivity index (χ4n) is 2.33. The molecule has 1 aromatic rings. The van der Waals surface area contributed by atoms with Gasteiger partial charge in [0, 0.05) is 18.8 Å². The van der Waals surface area contributed by atoms with Crippen molar-refractivity contribution in [1.29, 1.82) is 0 Å². The van der Waals surface area contributed by atoms with Gasteiger partial charge in [-0.1, -0.05) is 12.1 Å². The van der Waals surface area contributed by atoms with Gasteiger partial charge in [-0.15, -0.1) is 0 Å². The summed E-state index contributed by atoms with van der Waals surface area (Å²) >= 11 is 0. The van der Waals surface area contributed by atoms with Crippen LogP contribution in [0.2, 0.25) is 0 Å². The van der Waals surface area contributed by atoms with Crippen molar-refractivity contribution in [2.45, 2.75) is 31.1 Å². The van der Waals surface area contributed by atoms with E-state index < -0.39 is 15.6 Å². The Bertz CT molecular complexity index is 538. The van der Waals surface area contributed by atoms with E-state index >= 15 is 0 Å². The monoisotopic (exact) mass is 284 g/mol. The van der Waals surface area contributed by atoms with Crippen LogP contribution in [-0.4, -0.2) is 36.5 Å². The van der Waals surface area contributed by atoms with Crippen molar-refractivity contribution in [1.82, 2.24) is 4.31 Å². The summed E-state index contributed by atoms with van der Waals surface area (Å²) in [4.78, 5) is 0. The van der Waals surface area contributed by atoms with Gasteiger partial charge in [-0.2, -0.15) is 4.31 Å². The number of hydrogen-bond acceptors (Lipinski definition) is 4. The fraction of sp³-hybridized carbons (Fsp3) is 0.538. The van der Waals surface area contributed by atoms with Crippen LogP contribution in [0.25, 0.3) is 0 Å². The number of benzene rings is 1. The molecule has 0 spiro atoms. The zero-order valence-electron chi connectivity index (χ0n) is 11.0. The molecule has 1 heterocycles. The molecule has 3 N–H and O–H groups in total. The van der Waals surface area contributed by atoms with E-state index in [9.17, 15) is 13.5 Å². The Kier molecular flexibility index (Phi) is 3.85. The summed E-state index contributed by atoms with van der Waals surface area (Å²) in [6.45, 7) is 2.33. The first-order valence-electron chi connectivity index (χ1n) is 6.33. The molecule has 1 aromatic carbocycles. The summed E-state index contributed by atoms with van der Waals surface area (Å²) < 4.78 is 26.0. The Morgan fingerprint density at radius 3 is 2.58 bits per heavy atom. The maximum absolute atomic E-state index is 12.3. The number of anilines is 1. The molecule has 19 heavy (non-hydrogen) atoms. The number of sulfonamides is 1. The van der Waals surface area contributed by atoms with Crippen molar-refractivity contribution >= 4 is 15.7 Å². The first-order valence-corrected chi connectivity index (χ1v) is 7.94. The van der Waals surface area contributed by atoms with Gasteiger partial charge in [-0.05, 0) is 37.5 Å². The molecule has 6 heteroatoms. The second-order valence-corrected chi connectivity index (χ2v) is 7.40. The predicted octanol–water partition coefficient (Wildman–Crippen LogP) is 0.945. The highest BCUT2D eigenvalue weighted by atomic mass is 32.2. The lowest BCUT2D eigenvalue weighted by molar-refractivity contribution is 0.00935. The Balaban J connectivity index is 2.12. The van der Waals surface area contributed by atoms with E-state index in [0.29, 0.717) is 30.6 Å². The van der Waals surface area contributed by atoms with Gasteiger partial charge in [0.25, 0.3) is 0 Å². The average molecular weight is 284 g/mol. The molecule has 2 rings (SSSR count). The third-order valence-electron chi connectivity index (χ3n) is 3.36. The molecule has 1 atom stereocenters. The van der Waals surface area contributed by atoms with Crippen LogP contribution < -0.4 is 5.73 Å². The van der Waals surface area contributed by atoms with Gasteiger partial charge in [0.1, 0.15) is 0 Å². The Morgan fingerprint density at radius 2 is 2.00 bits per heavy atom. The number of β-amino-alcohol motifs (C(OH)–C–C–N with tert-alkyl or cyclic N) is 1. The summed E-state index contributed by atoms with van der Waals surface area (Å²) in [6.07, 6.45) is 1.33. The van der Waals surface area contributed by atoms with Gasteiger partial charge in [-0.25, -0.2) is 8.42 Å². The molecule has 1 unspecified atom stereocenters. The van der Waals surface area contributed by atoms with Gasteiger partial charge in [0.2, 0.25) is 10.0 Å². The largest absolute Gasteiger partial charge is 0.399 e. The topological polar surface area (TPSA) is 83.6 Å². The Morgan fingerprint density at radius 1 is 1.37 bits per heavy atom. The van der Waals surface area contributed by atoms with E-state index in [4.69, 9.17) is 5.73 Å². The SMILES string of the molecule is CC1(O)CCCN(S(=O)(=O)Cc2ccc(N)cc2)C1.